The summed E-state index contributed by atoms with van der Waals surface area (Å²) >= 11 is 7.52. The second kappa shape index (κ2) is 6.45. The first kappa shape index (κ1) is 14.4. The van der Waals surface area contributed by atoms with E-state index in [4.69, 9.17) is 11.6 Å². The molecule has 0 fully saturated rings. The van der Waals surface area contributed by atoms with Gasteiger partial charge < -0.3 is 5.32 Å². The Balaban J connectivity index is 2.20. The van der Waals surface area contributed by atoms with Crippen molar-refractivity contribution in [3.8, 4) is 0 Å². The van der Waals surface area contributed by atoms with E-state index in [1.807, 2.05) is 20.2 Å². The lowest BCUT2D eigenvalue weighted by molar-refractivity contribution is 0.520. The summed E-state index contributed by atoms with van der Waals surface area (Å²) in [6.45, 7) is 5.07. The van der Waals surface area contributed by atoms with Gasteiger partial charge in [-0.05, 0) is 26.3 Å². The van der Waals surface area contributed by atoms with E-state index in [9.17, 15) is 0 Å². The summed E-state index contributed by atoms with van der Waals surface area (Å²) in [6.07, 6.45) is 3.68. The zero-order chi connectivity index (χ0) is 13.8. The molecule has 1 N–H and O–H groups in total. The lowest BCUT2D eigenvalue weighted by Crippen LogP contribution is -2.24. The van der Waals surface area contributed by atoms with Crippen LogP contribution in [-0.2, 0) is 13.5 Å². The van der Waals surface area contributed by atoms with Crippen molar-refractivity contribution >= 4 is 23.3 Å². The maximum Gasteiger partial charge on any atom is 0.130 e. The quantitative estimate of drug-likeness (QED) is 0.890. The molecule has 0 bridgehead atoms. The minimum atomic E-state index is 0.138. The fourth-order valence-electron chi connectivity index (χ4n) is 2.04. The van der Waals surface area contributed by atoms with Gasteiger partial charge in [-0.2, -0.15) is 13.8 Å². The molecule has 0 aromatic carbocycles. The summed E-state index contributed by atoms with van der Waals surface area (Å²) in [5, 5.41) is 8.54. The molecule has 0 saturated carbocycles. The third-order valence-corrected chi connectivity index (χ3v) is 4.02. The lowest BCUT2D eigenvalue weighted by atomic mass is 10.0. The molecule has 0 aliphatic heterocycles. The van der Waals surface area contributed by atoms with Gasteiger partial charge in [-0.25, -0.2) is 0 Å². The predicted molar refractivity (Wildman–Crippen MR) is 77.6 cm³/mol. The van der Waals surface area contributed by atoms with Crippen LogP contribution in [0.5, 0.6) is 0 Å². The maximum atomic E-state index is 6.29. The summed E-state index contributed by atoms with van der Waals surface area (Å²) in [4.78, 5) is 0. The molecule has 0 spiro atoms. The summed E-state index contributed by atoms with van der Waals surface area (Å²) in [5.41, 5.74) is 3.02. The first-order valence-electron chi connectivity index (χ1n) is 6.32. The zero-order valence-electron chi connectivity index (χ0n) is 11.4. The monoisotopic (exact) mass is 299 g/mol. The SMILES string of the molecule is CCCNC(Cc1c(C)nn(C)c1Cl)c1cnsn1. The van der Waals surface area contributed by atoms with Gasteiger partial charge >= 0.3 is 0 Å². The molecule has 1 unspecified atom stereocenters. The van der Waals surface area contributed by atoms with Crippen LogP contribution in [0.3, 0.4) is 0 Å². The van der Waals surface area contributed by atoms with E-state index in [0.717, 1.165) is 36.3 Å². The van der Waals surface area contributed by atoms with E-state index in [1.54, 1.807) is 4.68 Å². The van der Waals surface area contributed by atoms with Crippen LogP contribution in [-0.4, -0.2) is 25.1 Å². The highest BCUT2D eigenvalue weighted by molar-refractivity contribution is 6.99. The topological polar surface area (TPSA) is 55.6 Å². The van der Waals surface area contributed by atoms with Crippen LogP contribution in [0, 0.1) is 6.92 Å². The van der Waals surface area contributed by atoms with Crippen molar-refractivity contribution < 1.29 is 0 Å². The van der Waals surface area contributed by atoms with Crippen molar-refractivity contribution in [2.75, 3.05) is 6.54 Å². The molecule has 7 heteroatoms. The fraction of sp³-hybridized carbons (Fsp3) is 0.583. The molecule has 1 atom stereocenters. The van der Waals surface area contributed by atoms with Crippen molar-refractivity contribution in [2.24, 2.45) is 7.05 Å². The average Bonchev–Trinajstić information content (AvgIpc) is 2.98. The van der Waals surface area contributed by atoms with Crippen molar-refractivity contribution in [3.05, 3.63) is 28.3 Å². The van der Waals surface area contributed by atoms with Crippen LogP contribution in [0.25, 0.3) is 0 Å². The van der Waals surface area contributed by atoms with Gasteiger partial charge in [0.1, 0.15) is 5.15 Å². The minimum absolute atomic E-state index is 0.138. The van der Waals surface area contributed by atoms with Crippen molar-refractivity contribution in [1.29, 1.82) is 0 Å². The second-order valence-corrected chi connectivity index (χ2v) is 5.44. The fourth-order valence-corrected chi connectivity index (χ4v) is 2.76. The molecule has 2 rings (SSSR count). The molecule has 0 saturated heterocycles. The van der Waals surface area contributed by atoms with Gasteiger partial charge in [0.05, 0.1) is 35.4 Å². The Bertz CT molecular complexity index is 522. The van der Waals surface area contributed by atoms with Gasteiger partial charge in [-0.15, -0.1) is 0 Å². The summed E-state index contributed by atoms with van der Waals surface area (Å²) in [7, 11) is 1.86. The second-order valence-electron chi connectivity index (χ2n) is 4.52. The Morgan fingerprint density at radius 1 is 1.53 bits per heavy atom. The molecule has 2 aromatic rings. The third-order valence-electron chi connectivity index (χ3n) is 3.05. The molecule has 19 heavy (non-hydrogen) atoms. The van der Waals surface area contributed by atoms with Gasteiger partial charge in [0.2, 0.25) is 0 Å². The molecule has 2 heterocycles. The van der Waals surface area contributed by atoms with Gasteiger partial charge in [0, 0.05) is 12.6 Å². The normalized spacial score (nSPS) is 12.8. The number of aromatic nitrogens is 4. The Hall–Kier alpha value is -0.980. The van der Waals surface area contributed by atoms with Gasteiger partial charge in [0.15, 0.2) is 0 Å². The standard InChI is InChI=1S/C12H18ClN5S/c1-4-5-14-10(11-7-15-19-17-11)6-9-8(2)16-18(3)12(9)13/h7,10,14H,4-6H2,1-3H3. The van der Waals surface area contributed by atoms with E-state index < -0.39 is 0 Å². The Morgan fingerprint density at radius 3 is 2.84 bits per heavy atom. The number of hydrogen-bond donors (Lipinski definition) is 1. The predicted octanol–water partition coefficient (Wildman–Crippen LogP) is 2.52. The Morgan fingerprint density at radius 2 is 2.32 bits per heavy atom. The highest BCUT2D eigenvalue weighted by Crippen LogP contribution is 2.25. The van der Waals surface area contributed by atoms with Crippen LogP contribution < -0.4 is 5.32 Å². The Labute approximate surface area is 122 Å². The molecular weight excluding hydrogens is 282 g/mol. The van der Waals surface area contributed by atoms with E-state index in [2.05, 4.69) is 26.1 Å². The average molecular weight is 300 g/mol. The number of rotatable bonds is 6. The highest BCUT2D eigenvalue weighted by atomic mass is 35.5. The van der Waals surface area contributed by atoms with Crippen LogP contribution in [0.15, 0.2) is 6.20 Å². The van der Waals surface area contributed by atoms with Crippen molar-refractivity contribution in [1.82, 2.24) is 23.8 Å². The lowest BCUT2D eigenvalue weighted by Gasteiger charge is -2.16. The van der Waals surface area contributed by atoms with E-state index >= 15 is 0 Å². The summed E-state index contributed by atoms with van der Waals surface area (Å²) in [5.74, 6) is 0. The molecule has 2 aromatic heterocycles. The molecule has 0 aliphatic rings. The molecule has 104 valence electrons. The van der Waals surface area contributed by atoms with Gasteiger partial charge in [-0.3, -0.25) is 4.68 Å². The first-order chi connectivity index (χ1) is 9.13. The highest BCUT2D eigenvalue weighted by Gasteiger charge is 2.19. The minimum Gasteiger partial charge on any atom is -0.308 e. The van der Waals surface area contributed by atoms with Crippen LogP contribution in [0.1, 0.15) is 36.3 Å². The third kappa shape index (κ3) is 3.32. The van der Waals surface area contributed by atoms with Crippen LogP contribution >= 0.6 is 23.3 Å². The largest absolute Gasteiger partial charge is 0.308 e. The number of nitrogens with zero attached hydrogens (tertiary/aromatic N) is 4. The molecule has 0 amide bonds. The van der Waals surface area contributed by atoms with Crippen molar-refractivity contribution in [3.63, 3.8) is 0 Å². The maximum absolute atomic E-state index is 6.29. The number of nitrogens with one attached hydrogen (secondary N) is 1. The number of aryl methyl sites for hydroxylation is 2. The van der Waals surface area contributed by atoms with Gasteiger partial charge in [0.25, 0.3) is 0 Å². The van der Waals surface area contributed by atoms with Crippen LogP contribution in [0.4, 0.5) is 0 Å². The Kier molecular flexibility index (Phi) is 4.90. The molecule has 0 radical (unpaired) electrons. The number of hydrogen-bond acceptors (Lipinski definition) is 5. The summed E-state index contributed by atoms with van der Waals surface area (Å²) < 4.78 is 10.1. The van der Waals surface area contributed by atoms with E-state index in [1.165, 1.54) is 11.7 Å². The van der Waals surface area contributed by atoms with Crippen molar-refractivity contribution in [2.45, 2.75) is 32.7 Å². The molecule has 5 nitrogen and oxygen atoms in total. The summed E-state index contributed by atoms with van der Waals surface area (Å²) in [6, 6.07) is 0.138. The molecule has 0 aliphatic carbocycles. The van der Waals surface area contributed by atoms with Crippen LogP contribution in [0.2, 0.25) is 5.15 Å². The zero-order valence-corrected chi connectivity index (χ0v) is 12.9. The number of halogens is 1. The molecular formula is C12H18ClN5S. The van der Waals surface area contributed by atoms with Gasteiger partial charge in [-0.1, -0.05) is 18.5 Å². The van der Waals surface area contributed by atoms with E-state index in [-0.39, 0.29) is 6.04 Å². The van der Waals surface area contributed by atoms with E-state index in [0.29, 0.717) is 5.15 Å². The first-order valence-corrected chi connectivity index (χ1v) is 7.43. The smallest absolute Gasteiger partial charge is 0.130 e.